The van der Waals surface area contributed by atoms with Gasteiger partial charge in [0.15, 0.2) is 6.61 Å². The Morgan fingerprint density at radius 2 is 1.36 bits per heavy atom. The molecule has 0 atom stereocenters. The van der Waals surface area contributed by atoms with Crippen LogP contribution < -0.4 is 14.2 Å². The van der Waals surface area contributed by atoms with Gasteiger partial charge in [0.1, 0.15) is 17.2 Å². The quantitative estimate of drug-likeness (QED) is 0.766. The van der Waals surface area contributed by atoms with E-state index in [2.05, 4.69) is 0 Å². The van der Waals surface area contributed by atoms with Crippen molar-refractivity contribution in [3.05, 3.63) is 54.6 Å². The summed E-state index contributed by atoms with van der Waals surface area (Å²) in [5, 5.41) is 0. The fourth-order valence-corrected chi connectivity index (χ4v) is 2.83. The lowest BCUT2D eigenvalue weighted by molar-refractivity contribution is -0.134. The van der Waals surface area contributed by atoms with Crippen LogP contribution in [0, 0.1) is 0 Å². The van der Waals surface area contributed by atoms with Crippen molar-refractivity contribution in [1.29, 1.82) is 0 Å². The number of amides is 2. The van der Waals surface area contributed by atoms with Gasteiger partial charge in [0.25, 0.3) is 5.91 Å². The zero-order valence-electron chi connectivity index (χ0n) is 15.9. The van der Waals surface area contributed by atoms with Crippen LogP contribution in [-0.4, -0.2) is 61.2 Å². The van der Waals surface area contributed by atoms with Crippen LogP contribution >= 0.6 is 0 Å². The molecule has 0 unspecified atom stereocenters. The van der Waals surface area contributed by atoms with Gasteiger partial charge < -0.3 is 24.0 Å². The minimum atomic E-state index is -0.399. The summed E-state index contributed by atoms with van der Waals surface area (Å²) in [6.45, 7) is 4.25. The van der Waals surface area contributed by atoms with Crippen molar-refractivity contribution in [2.45, 2.75) is 6.92 Å². The predicted octanol–water partition coefficient (Wildman–Crippen LogP) is 2.81. The van der Waals surface area contributed by atoms with Gasteiger partial charge in [0.2, 0.25) is 0 Å². The van der Waals surface area contributed by atoms with Crippen molar-refractivity contribution in [2.24, 2.45) is 0 Å². The van der Waals surface area contributed by atoms with Crippen molar-refractivity contribution in [3.8, 4) is 17.2 Å². The number of nitrogens with zero attached hydrogens (tertiary/aromatic N) is 2. The van der Waals surface area contributed by atoms with Gasteiger partial charge in [-0.15, -0.1) is 0 Å². The Hall–Kier alpha value is -3.22. The summed E-state index contributed by atoms with van der Waals surface area (Å²) in [7, 11) is 0. The molecule has 1 heterocycles. The minimum absolute atomic E-state index is 0.0392. The third-order valence-electron chi connectivity index (χ3n) is 4.34. The summed E-state index contributed by atoms with van der Waals surface area (Å²) in [4.78, 5) is 27.8. The standard InChI is InChI=1S/C21H24N2O5/c1-2-26-17-8-10-18(11-9-17)27-16-20(24)22-12-14-23(15-13-22)21(25)28-19-6-4-3-5-7-19/h3-11H,2,12-16H2,1H3. The van der Waals surface area contributed by atoms with E-state index in [-0.39, 0.29) is 12.5 Å². The summed E-state index contributed by atoms with van der Waals surface area (Å²) in [5.74, 6) is 1.78. The zero-order valence-corrected chi connectivity index (χ0v) is 15.9. The summed E-state index contributed by atoms with van der Waals surface area (Å²) in [5.41, 5.74) is 0. The topological polar surface area (TPSA) is 68.3 Å². The van der Waals surface area contributed by atoms with Crippen LogP contribution in [-0.2, 0) is 4.79 Å². The van der Waals surface area contributed by atoms with E-state index in [9.17, 15) is 9.59 Å². The highest BCUT2D eigenvalue weighted by Crippen LogP contribution is 2.18. The van der Waals surface area contributed by atoms with Crippen molar-refractivity contribution >= 4 is 12.0 Å². The molecule has 2 amide bonds. The molecule has 1 saturated heterocycles. The lowest BCUT2D eigenvalue weighted by Gasteiger charge is -2.34. The van der Waals surface area contributed by atoms with E-state index < -0.39 is 6.09 Å². The SMILES string of the molecule is CCOc1ccc(OCC(=O)N2CCN(C(=O)Oc3ccccc3)CC2)cc1. The number of rotatable bonds is 6. The molecular weight excluding hydrogens is 360 g/mol. The van der Waals surface area contributed by atoms with Gasteiger partial charge in [-0.25, -0.2) is 4.79 Å². The van der Waals surface area contributed by atoms with E-state index in [4.69, 9.17) is 14.2 Å². The summed E-state index contributed by atoms with van der Waals surface area (Å²) < 4.78 is 16.3. The van der Waals surface area contributed by atoms with Crippen molar-refractivity contribution in [1.82, 2.24) is 9.80 Å². The number of piperazine rings is 1. The van der Waals surface area contributed by atoms with Gasteiger partial charge in [-0.1, -0.05) is 18.2 Å². The fourth-order valence-electron chi connectivity index (χ4n) is 2.83. The molecule has 7 nitrogen and oxygen atoms in total. The average molecular weight is 384 g/mol. The largest absolute Gasteiger partial charge is 0.494 e. The first kappa shape index (κ1) is 19.5. The van der Waals surface area contributed by atoms with E-state index in [0.717, 1.165) is 5.75 Å². The molecule has 28 heavy (non-hydrogen) atoms. The second kappa shape index (κ2) is 9.64. The molecular formula is C21H24N2O5. The molecule has 1 aliphatic heterocycles. The Bertz CT molecular complexity index is 771. The second-order valence-electron chi connectivity index (χ2n) is 6.24. The smallest absolute Gasteiger partial charge is 0.415 e. The molecule has 3 rings (SSSR count). The molecule has 0 N–H and O–H groups in total. The Morgan fingerprint density at radius 1 is 0.786 bits per heavy atom. The summed E-state index contributed by atoms with van der Waals surface area (Å²) in [6.07, 6.45) is -0.399. The number of hydrogen-bond donors (Lipinski definition) is 0. The van der Waals surface area contributed by atoms with Crippen LogP contribution in [0.5, 0.6) is 17.2 Å². The molecule has 0 bridgehead atoms. The third-order valence-corrected chi connectivity index (χ3v) is 4.34. The number of ether oxygens (including phenoxy) is 3. The van der Waals surface area contributed by atoms with Crippen LogP contribution in [0.4, 0.5) is 4.79 Å². The van der Waals surface area contributed by atoms with Crippen LogP contribution in [0.1, 0.15) is 6.92 Å². The highest BCUT2D eigenvalue weighted by Gasteiger charge is 2.25. The van der Waals surface area contributed by atoms with E-state index >= 15 is 0 Å². The second-order valence-corrected chi connectivity index (χ2v) is 6.24. The van der Waals surface area contributed by atoms with Crippen LogP contribution in [0.3, 0.4) is 0 Å². The minimum Gasteiger partial charge on any atom is -0.494 e. The average Bonchev–Trinajstić information content (AvgIpc) is 2.74. The summed E-state index contributed by atoms with van der Waals surface area (Å²) >= 11 is 0. The first-order valence-electron chi connectivity index (χ1n) is 9.31. The molecule has 0 aromatic heterocycles. The predicted molar refractivity (Wildman–Crippen MR) is 104 cm³/mol. The molecule has 0 aliphatic carbocycles. The van der Waals surface area contributed by atoms with E-state index in [0.29, 0.717) is 44.3 Å². The van der Waals surface area contributed by atoms with E-state index in [1.54, 1.807) is 46.2 Å². The van der Waals surface area contributed by atoms with Gasteiger partial charge in [-0.05, 0) is 43.3 Å². The summed E-state index contributed by atoms with van der Waals surface area (Å²) in [6, 6.07) is 16.1. The molecule has 7 heteroatoms. The molecule has 0 spiro atoms. The van der Waals surface area contributed by atoms with Crippen molar-refractivity contribution in [3.63, 3.8) is 0 Å². The molecule has 2 aromatic carbocycles. The number of hydrogen-bond acceptors (Lipinski definition) is 5. The molecule has 0 saturated carbocycles. The van der Waals surface area contributed by atoms with E-state index in [1.807, 2.05) is 25.1 Å². The van der Waals surface area contributed by atoms with Gasteiger partial charge in [0, 0.05) is 26.2 Å². The monoisotopic (exact) mass is 384 g/mol. The Labute approximate surface area is 164 Å². The number of para-hydroxylation sites is 1. The highest BCUT2D eigenvalue weighted by atomic mass is 16.6. The van der Waals surface area contributed by atoms with Gasteiger partial charge in [-0.2, -0.15) is 0 Å². The Morgan fingerprint density at radius 3 is 1.96 bits per heavy atom. The first-order chi connectivity index (χ1) is 13.7. The van der Waals surface area contributed by atoms with Crippen LogP contribution in [0.25, 0.3) is 0 Å². The molecule has 2 aromatic rings. The Balaban J connectivity index is 1.41. The maximum Gasteiger partial charge on any atom is 0.415 e. The molecule has 0 radical (unpaired) electrons. The van der Waals surface area contributed by atoms with E-state index in [1.165, 1.54) is 0 Å². The fraction of sp³-hybridized carbons (Fsp3) is 0.333. The lowest BCUT2D eigenvalue weighted by atomic mass is 10.3. The van der Waals surface area contributed by atoms with Crippen LogP contribution in [0.15, 0.2) is 54.6 Å². The van der Waals surface area contributed by atoms with Crippen molar-refractivity contribution < 1.29 is 23.8 Å². The first-order valence-corrected chi connectivity index (χ1v) is 9.31. The normalized spacial score (nSPS) is 13.8. The molecule has 1 fully saturated rings. The number of carbonyl (C=O) groups excluding carboxylic acids is 2. The third kappa shape index (κ3) is 5.39. The zero-order chi connectivity index (χ0) is 19.8. The lowest BCUT2D eigenvalue weighted by Crippen LogP contribution is -2.52. The highest BCUT2D eigenvalue weighted by molar-refractivity contribution is 5.78. The number of carbonyl (C=O) groups is 2. The van der Waals surface area contributed by atoms with Crippen molar-refractivity contribution in [2.75, 3.05) is 39.4 Å². The molecule has 1 aliphatic rings. The Kier molecular flexibility index (Phi) is 6.73. The maximum absolute atomic E-state index is 12.3. The van der Waals surface area contributed by atoms with Crippen LogP contribution in [0.2, 0.25) is 0 Å². The van der Waals surface area contributed by atoms with Gasteiger partial charge >= 0.3 is 6.09 Å². The van der Waals surface area contributed by atoms with Gasteiger partial charge in [-0.3, -0.25) is 4.79 Å². The molecule has 148 valence electrons. The number of benzene rings is 2. The maximum atomic E-state index is 12.3. The van der Waals surface area contributed by atoms with Gasteiger partial charge in [0.05, 0.1) is 6.61 Å².